The molecule has 0 bridgehead atoms. The zero-order valence-electron chi connectivity index (χ0n) is 20.6. The number of nitrogen functional groups attached to an aromatic ring is 1. The summed E-state index contributed by atoms with van der Waals surface area (Å²) in [6.07, 6.45) is -0.235. The van der Waals surface area contributed by atoms with Crippen LogP contribution in [0.3, 0.4) is 0 Å². The van der Waals surface area contributed by atoms with Crippen molar-refractivity contribution in [1.82, 2.24) is 29.5 Å². The van der Waals surface area contributed by atoms with Gasteiger partial charge in [-0.25, -0.2) is 27.2 Å². The van der Waals surface area contributed by atoms with Crippen LogP contribution < -0.4 is 16.0 Å². The van der Waals surface area contributed by atoms with Crippen LogP contribution in [0.1, 0.15) is 28.9 Å². The second-order valence-corrected chi connectivity index (χ2v) is 11.4. The number of hydrogen-bond acceptors (Lipinski definition) is 9. The van der Waals surface area contributed by atoms with Gasteiger partial charge >= 0.3 is 12.1 Å². The van der Waals surface area contributed by atoms with E-state index in [1.807, 2.05) is 11.8 Å². The van der Waals surface area contributed by atoms with Crippen molar-refractivity contribution in [3.8, 4) is 0 Å². The highest BCUT2D eigenvalue weighted by Gasteiger charge is 2.38. The molecule has 1 aliphatic rings. The van der Waals surface area contributed by atoms with Gasteiger partial charge in [-0.15, -0.1) is 5.10 Å². The third kappa shape index (κ3) is 5.89. The number of halogens is 4. The van der Waals surface area contributed by atoms with Gasteiger partial charge in [0, 0.05) is 31.0 Å². The Bertz CT molecular complexity index is 1690. The molecule has 1 saturated heterocycles. The highest BCUT2D eigenvalue weighted by molar-refractivity contribution is 7.91. The fourth-order valence-electron chi connectivity index (χ4n) is 4.08. The number of carboxylic acids is 1. The van der Waals surface area contributed by atoms with E-state index in [0.29, 0.717) is 40.7 Å². The maximum absolute atomic E-state index is 13.2. The van der Waals surface area contributed by atoms with Gasteiger partial charge in [0.1, 0.15) is 11.4 Å². The smallest absolute Gasteiger partial charge is 0.475 e. The summed E-state index contributed by atoms with van der Waals surface area (Å²) < 4.78 is 58.8. The monoisotopic (exact) mass is 602 g/mol. The Morgan fingerprint density at radius 1 is 1.23 bits per heavy atom. The molecule has 0 aromatic carbocycles. The van der Waals surface area contributed by atoms with Crippen molar-refractivity contribution in [3.63, 3.8) is 0 Å². The zero-order chi connectivity index (χ0) is 29.4. The zero-order valence-corrected chi connectivity index (χ0v) is 22.2. The van der Waals surface area contributed by atoms with Crippen molar-refractivity contribution >= 4 is 56.1 Å². The van der Waals surface area contributed by atoms with E-state index in [9.17, 15) is 26.4 Å². The first-order valence-electron chi connectivity index (χ1n) is 11.5. The Kier molecular flexibility index (Phi) is 7.80. The van der Waals surface area contributed by atoms with Crippen LogP contribution in [-0.2, 0) is 14.6 Å². The molecule has 1 aliphatic heterocycles. The minimum absolute atomic E-state index is 0.0448. The van der Waals surface area contributed by atoms with Crippen molar-refractivity contribution < 1.29 is 36.3 Å². The average molecular weight is 603 g/mol. The van der Waals surface area contributed by atoms with Crippen LogP contribution in [0.25, 0.3) is 11.2 Å². The maximum Gasteiger partial charge on any atom is 0.490 e. The summed E-state index contributed by atoms with van der Waals surface area (Å²) in [6, 6.07) is 4.75. The number of amides is 1. The van der Waals surface area contributed by atoms with Crippen LogP contribution in [0.2, 0.25) is 5.02 Å². The number of carbonyl (C=O) groups excluding carboxylic acids is 1. The molecular formula is C22H22ClF3N8O5S. The van der Waals surface area contributed by atoms with Crippen LogP contribution in [0.15, 0.2) is 36.8 Å². The molecule has 4 aromatic heterocycles. The Hall–Kier alpha value is -4.12. The number of nitrogens with zero attached hydrogens (tertiary/aromatic N) is 6. The van der Waals surface area contributed by atoms with Crippen molar-refractivity contribution in [2.24, 2.45) is 0 Å². The first-order valence-corrected chi connectivity index (χ1v) is 13.7. The molecule has 13 nitrogen and oxygen atoms in total. The lowest BCUT2D eigenvalue weighted by Crippen LogP contribution is -2.42. The summed E-state index contributed by atoms with van der Waals surface area (Å²) in [7, 11) is -3.08. The van der Waals surface area contributed by atoms with Gasteiger partial charge in [0.2, 0.25) is 0 Å². The molecule has 4 N–H and O–H groups in total. The number of rotatable bonds is 4. The van der Waals surface area contributed by atoms with Gasteiger partial charge in [0.15, 0.2) is 21.3 Å². The number of carboxylic acid groups (broad SMARTS) is 1. The molecule has 0 aliphatic carbocycles. The molecule has 0 radical (unpaired) electrons. The van der Waals surface area contributed by atoms with Gasteiger partial charge in [-0.2, -0.15) is 18.3 Å². The van der Waals surface area contributed by atoms with Gasteiger partial charge in [-0.3, -0.25) is 4.79 Å². The average Bonchev–Trinajstić information content (AvgIpc) is 3.48. The van der Waals surface area contributed by atoms with E-state index in [1.165, 1.54) is 4.52 Å². The number of alkyl halides is 3. The summed E-state index contributed by atoms with van der Waals surface area (Å²) in [5, 5.41) is 19.1. The van der Waals surface area contributed by atoms with Gasteiger partial charge in [0.05, 0.1) is 34.3 Å². The summed E-state index contributed by atoms with van der Waals surface area (Å²) >= 11 is 6.51. The van der Waals surface area contributed by atoms with Crippen molar-refractivity contribution in [2.75, 3.05) is 35.2 Å². The molecule has 40 heavy (non-hydrogen) atoms. The fourth-order valence-corrected chi connectivity index (χ4v) is 5.54. The summed E-state index contributed by atoms with van der Waals surface area (Å²) in [6.45, 7) is 2.45. The minimum Gasteiger partial charge on any atom is -0.475 e. The lowest BCUT2D eigenvalue weighted by molar-refractivity contribution is -0.192. The Balaban J connectivity index is 0.000000470. The van der Waals surface area contributed by atoms with Gasteiger partial charge < -0.3 is 21.1 Å². The van der Waals surface area contributed by atoms with E-state index >= 15 is 0 Å². The van der Waals surface area contributed by atoms with Crippen molar-refractivity contribution in [2.45, 2.75) is 19.1 Å². The fraction of sp³-hybridized carbons (Fsp3) is 0.318. The van der Waals surface area contributed by atoms with Crippen LogP contribution >= 0.6 is 11.6 Å². The van der Waals surface area contributed by atoms with Gasteiger partial charge in [-0.05, 0) is 25.1 Å². The summed E-state index contributed by atoms with van der Waals surface area (Å²) in [4.78, 5) is 28.2. The molecule has 18 heteroatoms. The number of aromatic nitrogens is 5. The Morgan fingerprint density at radius 3 is 2.50 bits per heavy atom. The molecule has 5 heterocycles. The number of fused-ring (bicyclic) bond motifs is 2. The van der Waals surface area contributed by atoms with E-state index in [2.05, 4.69) is 20.5 Å². The van der Waals surface area contributed by atoms with Crippen LogP contribution in [0, 0.1) is 0 Å². The molecule has 0 unspecified atom stereocenters. The molecule has 0 saturated carbocycles. The van der Waals surface area contributed by atoms with Crippen molar-refractivity contribution in [3.05, 3.63) is 52.9 Å². The number of aliphatic carboxylic acids is 1. The highest BCUT2D eigenvalue weighted by atomic mass is 35.5. The first kappa shape index (κ1) is 28.9. The standard InChI is InChI=1S/C20H21ClN8O3S.C2HF3O2/c1-12(25-19(30)16-17(22)26-28-6-2-4-23-18(16)28)13-11-14(21)15-3-5-24-29(15)20(13)27-7-9-33(31,32)10-8-27;3-2(4,5)1(6)7/h2-6,11-12H,7-10H2,1H3,(H2,22,26)(H,25,30);(H,6,7)/t12-;/m0./s1. The predicted molar refractivity (Wildman–Crippen MR) is 138 cm³/mol. The highest BCUT2D eigenvalue weighted by Crippen LogP contribution is 2.33. The maximum atomic E-state index is 13.2. The Labute approximate surface area is 229 Å². The molecular weight excluding hydrogens is 581 g/mol. The van der Waals surface area contributed by atoms with Gasteiger partial charge in [0.25, 0.3) is 5.91 Å². The number of anilines is 2. The molecule has 5 rings (SSSR count). The summed E-state index contributed by atoms with van der Waals surface area (Å²) in [5.74, 6) is -2.34. The van der Waals surface area contributed by atoms with Crippen LogP contribution in [0.5, 0.6) is 0 Å². The Morgan fingerprint density at radius 2 is 1.88 bits per heavy atom. The van der Waals surface area contributed by atoms with Gasteiger partial charge in [-0.1, -0.05) is 11.6 Å². The lowest BCUT2D eigenvalue weighted by Gasteiger charge is -2.32. The number of sulfone groups is 1. The van der Waals surface area contributed by atoms with E-state index in [0.717, 1.165) is 0 Å². The topological polar surface area (TPSA) is 177 Å². The number of nitrogens with two attached hydrogens (primary N) is 1. The van der Waals surface area contributed by atoms with E-state index in [4.69, 9.17) is 27.2 Å². The number of pyridine rings is 1. The predicted octanol–water partition coefficient (Wildman–Crippen LogP) is 1.97. The molecule has 0 spiro atoms. The third-order valence-corrected chi connectivity index (χ3v) is 7.89. The van der Waals surface area contributed by atoms with E-state index in [1.54, 1.807) is 41.3 Å². The van der Waals surface area contributed by atoms with Crippen molar-refractivity contribution in [1.29, 1.82) is 0 Å². The first-order chi connectivity index (χ1) is 18.7. The van der Waals surface area contributed by atoms with Crippen LogP contribution in [0.4, 0.5) is 24.8 Å². The van der Waals surface area contributed by atoms with E-state index < -0.39 is 33.9 Å². The SMILES string of the molecule is C[C@H](NC(=O)c1c(N)nn2cccnc12)c1cc(Cl)c2ccnn2c1N1CCS(=O)(=O)CC1.O=C(O)C(F)(F)F. The molecule has 1 amide bonds. The quantitative estimate of drug-likeness (QED) is 0.313. The second-order valence-electron chi connectivity index (χ2n) is 8.68. The third-order valence-electron chi connectivity index (χ3n) is 5.98. The second kappa shape index (κ2) is 10.8. The lowest BCUT2D eigenvalue weighted by atomic mass is 10.1. The normalized spacial score (nSPS) is 15.9. The summed E-state index contributed by atoms with van der Waals surface area (Å²) in [5.41, 5.74) is 7.91. The number of carbonyl (C=O) groups is 2. The molecule has 1 fully saturated rings. The van der Waals surface area contributed by atoms with Crippen LogP contribution in [-0.4, -0.2) is 80.4 Å². The van der Waals surface area contributed by atoms with E-state index in [-0.39, 0.29) is 22.9 Å². The molecule has 1 atom stereocenters. The minimum atomic E-state index is -5.08. The molecule has 4 aromatic rings. The number of hydrogen-bond donors (Lipinski definition) is 3. The number of nitrogens with one attached hydrogen (secondary N) is 1. The largest absolute Gasteiger partial charge is 0.490 e. The molecule has 214 valence electrons.